The van der Waals surface area contributed by atoms with Crippen LogP contribution in [0.15, 0.2) is 42.6 Å². The summed E-state index contributed by atoms with van der Waals surface area (Å²) in [6, 6.07) is 8.09. The van der Waals surface area contributed by atoms with Gasteiger partial charge in [0.05, 0.1) is 11.9 Å². The topological polar surface area (TPSA) is 34.2 Å². The van der Waals surface area contributed by atoms with Gasteiger partial charge in [-0.05, 0) is 36.8 Å². The highest BCUT2D eigenvalue weighted by molar-refractivity contribution is 5.43. The maximum atomic E-state index is 12.7. The summed E-state index contributed by atoms with van der Waals surface area (Å²) in [5.41, 5.74) is 1.37. The first-order valence-electron chi connectivity index (χ1n) is 6.07. The first kappa shape index (κ1) is 15.1. The van der Waals surface area contributed by atoms with Gasteiger partial charge in [0, 0.05) is 6.04 Å². The fraction of sp³-hybridized carbons (Fsp3) is 0.214. The third kappa shape index (κ3) is 4.62. The second-order valence-electron chi connectivity index (χ2n) is 4.35. The van der Waals surface area contributed by atoms with Crippen LogP contribution in [0, 0.1) is 5.95 Å². The standard InChI is InChI=1S/C14H12F4N2O/c1-9(20-11-4-7-13(15)19-8-11)10-2-5-12(6-3-10)21-14(16,17)18/h2-9,20H,1H3. The Labute approximate surface area is 118 Å². The summed E-state index contributed by atoms with van der Waals surface area (Å²) in [4.78, 5) is 3.51. The Balaban J connectivity index is 2.02. The van der Waals surface area contributed by atoms with E-state index in [-0.39, 0.29) is 11.8 Å². The van der Waals surface area contributed by atoms with Gasteiger partial charge in [-0.25, -0.2) is 4.98 Å². The zero-order chi connectivity index (χ0) is 15.5. The van der Waals surface area contributed by atoms with Gasteiger partial charge in [-0.3, -0.25) is 0 Å². The molecule has 0 fully saturated rings. The fourth-order valence-electron chi connectivity index (χ4n) is 1.75. The number of hydrogen-bond donors (Lipinski definition) is 1. The Kier molecular flexibility index (Phi) is 4.30. The molecule has 1 heterocycles. The zero-order valence-electron chi connectivity index (χ0n) is 11.0. The number of benzene rings is 1. The van der Waals surface area contributed by atoms with Crippen molar-refractivity contribution in [3.63, 3.8) is 0 Å². The predicted molar refractivity (Wildman–Crippen MR) is 69.4 cm³/mol. The summed E-state index contributed by atoms with van der Waals surface area (Å²) >= 11 is 0. The molecule has 0 bridgehead atoms. The summed E-state index contributed by atoms with van der Waals surface area (Å²) in [6.07, 6.45) is -3.36. The average Bonchev–Trinajstić information content (AvgIpc) is 2.40. The van der Waals surface area contributed by atoms with Crippen molar-refractivity contribution in [3.05, 3.63) is 54.1 Å². The molecule has 112 valence electrons. The second-order valence-corrected chi connectivity index (χ2v) is 4.35. The van der Waals surface area contributed by atoms with E-state index in [0.717, 1.165) is 5.56 Å². The van der Waals surface area contributed by atoms with E-state index in [9.17, 15) is 17.6 Å². The lowest BCUT2D eigenvalue weighted by molar-refractivity contribution is -0.274. The highest BCUT2D eigenvalue weighted by Crippen LogP contribution is 2.25. The Morgan fingerprint density at radius 1 is 1.10 bits per heavy atom. The SMILES string of the molecule is CC(Nc1ccc(F)nc1)c1ccc(OC(F)(F)F)cc1. The van der Waals surface area contributed by atoms with E-state index >= 15 is 0 Å². The molecule has 1 unspecified atom stereocenters. The van der Waals surface area contributed by atoms with E-state index in [1.165, 1.54) is 42.6 Å². The number of pyridine rings is 1. The van der Waals surface area contributed by atoms with Gasteiger partial charge in [-0.1, -0.05) is 12.1 Å². The largest absolute Gasteiger partial charge is 0.573 e. The van der Waals surface area contributed by atoms with Crippen LogP contribution < -0.4 is 10.1 Å². The van der Waals surface area contributed by atoms with Crippen LogP contribution in [0.1, 0.15) is 18.5 Å². The van der Waals surface area contributed by atoms with E-state index in [0.29, 0.717) is 5.69 Å². The highest BCUT2D eigenvalue weighted by Gasteiger charge is 2.30. The molecule has 1 N–H and O–H groups in total. The number of halogens is 4. The van der Waals surface area contributed by atoms with Crippen LogP contribution in [0.2, 0.25) is 0 Å². The van der Waals surface area contributed by atoms with Gasteiger partial charge in [-0.15, -0.1) is 13.2 Å². The molecule has 2 aromatic rings. The molecule has 0 spiro atoms. The Bertz CT molecular complexity index is 581. The number of ether oxygens (including phenoxy) is 1. The highest BCUT2D eigenvalue weighted by atomic mass is 19.4. The molecule has 1 aromatic carbocycles. The van der Waals surface area contributed by atoms with Gasteiger partial charge in [0.15, 0.2) is 0 Å². The first-order chi connectivity index (χ1) is 9.83. The summed E-state index contributed by atoms with van der Waals surface area (Å²) in [7, 11) is 0. The molecule has 0 aliphatic heterocycles. The maximum absolute atomic E-state index is 12.7. The molecule has 0 saturated heterocycles. The maximum Gasteiger partial charge on any atom is 0.573 e. The minimum atomic E-state index is -4.70. The number of nitrogens with zero attached hydrogens (tertiary/aromatic N) is 1. The first-order valence-corrected chi connectivity index (χ1v) is 6.07. The van der Waals surface area contributed by atoms with Gasteiger partial charge >= 0.3 is 6.36 Å². The number of alkyl halides is 3. The van der Waals surface area contributed by atoms with Gasteiger partial charge < -0.3 is 10.1 Å². The lowest BCUT2D eigenvalue weighted by Gasteiger charge is -2.16. The molecule has 0 aliphatic rings. The van der Waals surface area contributed by atoms with E-state index in [4.69, 9.17) is 0 Å². The van der Waals surface area contributed by atoms with Crippen molar-refractivity contribution in [1.82, 2.24) is 4.98 Å². The number of nitrogens with one attached hydrogen (secondary N) is 1. The molecule has 0 saturated carbocycles. The van der Waals surface area contributed by atoms with Crippen molar-refractivity contribution in [1.29, 1.82) is 0 Å². The summed E-state index contributed by atoms with van der Waals surface area (Å²) in [5.74, 6) is -0.858. The van der Waals surface area contributed by atoms with E-state index in [2.05, 4.69) is 15.0 Å². The quantitative estimate of drug-likeness (QED) is 0.675. The fourth-order valence-corrected chi connectivity index (χ4v) is 1.75. The molecule has 2 rings (SSSR count). The van der Waals surface area contributed by atoms with Crippen molar-refractivity contribution < 1.29 is 22.3 Å². The lowest BCUT2D eigenvalue weighted by atomic mass is 10.1. The zero-order valence-corrected chi connectivity index (χ0v) is 11.0. The molecule has 3 nitrogen and oxygen atoms in total. The van der Waals surface area contributed by atoms with Crippen molar-refractivity contribution in [2.24, 2.45) is 0 Å². The third-order valence-electron chi connectivity index (χ3n) is 2.72. The Hall–Kier alpha value is -2.31. The molecule has 0 radical (unpaired) electrons. The normalized spacial score (nSPS) is 12.8. The average molecular weight is 300 g/mol. The van der Waals surface area contributed by atoms with Crippen LogP contribution in [-0.2, 0) is 0 Å². The predicted octanol–water partition coefficient (Wildman–Crippen LogP) is 4.29. The van der Waals surface area contributed by atoms with Crippen LogP contribution in [0.5, 0.6) is 5.75 Å². The number of rotatable bonds is 4. The second kappa shape index (κ2) is 5.99. The Morgan fingerprint density at radius 2 is 1.76 bits per heavy atom. The van der Waals surface area contributed by atoms with Crippen LogP contribution in [0.25, 0.3) is 0 Å². The lowest BCUT2D eigenvalue weighted by Crippen LogP contribution is -2.17. The van der Waals surface area contributed by atoms with Gasteiger partial charge in [0.1, 0.15) is 5.75 Å². The molecular weight excluding hydrogens is 288 g/mol. The monoisotopic (exact) mass is 300 g/mol. The summed E-state index contributed by atoms with van der Waals surface area (Å²) < 4.78 is 52.6. The van der Waals surface area contributed by atoms with Crippen molar-refractivity contribution in [3.8, 4) is 5.75 Å². The van der Waals surface area contributed by atoms with E-state index < -0.39 is 12.3 Å². The molecule has 1 atom stereocenters. The van der Waals surface area contributed by atoms with Crippen LogP contribution >= 0.6 is 0 Å². The van der Waals surface area contributed by atoms with Crippen molar-refractivity contribution >= 4 is 5.69 Å². The van der Waals surface area contributed by atoms with Crippen molar-refractivity contribution in [2.75, 3.05) is 5.32 Å². The summed E-state index contributed by atoms with van der Waals surface area (Å²) in [6.45, 7) is 1.82. The minimum Gasteiger partial charge on any atom is -0.406 e. The van der Waals surface area contributed by atoms with Gasteiger partial charge in [0.25, 0.3) is 0 Å². The van der Waals surface area contributed by atoms with Gasteiger partial charge in [0.2, 0.25) is 5.95 Å². The number of anilines is 1. The van der Waals surface area contributed by atoms with E-state index in [1.807, 2.05) is 6.92 Å². The molecule has 7 heteroatoms. The van der Waals surface area contributed by atoms with Crippen LogP contribution in [0.3, 0.4) is 0 Å². The van der Waals surface area contributed by atoms with Gasteiger partial charge in [-0.2, -0.15) is 4.39 Å². The molecule has 21 heavy (non-hydrogen) atoms. The number of hydrogen-bond acceptors (Lipinski definition) is 3. The minimum absolute atomic E-state index is 0.183. The molecule has 1 aromatic heterocycles. The smallest absolute Gasteiger partial charge is 0.406 e. The van der Waals surface area contributed by atoms with Crippen LogP contribution in [0.4, 0.5) is 23.2 Å². The Morgan fingerprint density at radius 3 is 2.29 bits per heavy atom. The molecular formula is C14H12F4N2O. The third-order valence-corrected chi connectivity index (χ3v) is 2.72. The number of aromatic nitrogens is 1. The van der Waals surface area contributed by atoms with E-state index in [1.54, 1.807) is 0 Å². The van der Waals surface area contributed by atoms with Crippen LogP contribution in [-0.4, -0.2) is 11.3 Å². The molecule has 0 amide bonds. The molecule has 0 aliphatic carbocycles. The summed E-state index contributed by atoms with van der Waals surface area (Å²) in [5, 5.41) is 3.06. The van der Waals surface area contributed by atoms with Crippen molar-refractivity contribution in [2.45, 2.75) is 19.3 Å².